The van der Waals surface area contributed by atoms with Crippen LogP contribution in [0.1, 0.15) is 0 Å². The van der Waals surface area contributed by atoms with Crippen LogP contribution >= 0.6 is 11.6 Å². The lowest BCUT2D eigenvalue weighted by Crippen LogP contribution is -2.32. The van der Waals surface area contributed by atoms with E-state index in [1.165, 1.54) is 7.11 Å². The summed E-state index contributed by atoms with van der Waals surface area (Å²) in [6, 6.07) is 1.77. The SMILES string of the molecule is COCCNC(=O)CNc1cc(F)c(Cl)cc1[N+](=O)[O-]. The summed E-state index contributed by atoms with van der Waals surface area (Å²) in [5.41, 5.74) is -0.514. The predicted octanol–water partition coefficient (Wildman–Crippen LogP) is 1.56. The Morgan fingerprint density at radius 2 is 2.25 bits per heavy atom. The molecule has 0 aromatic heterocycles. The smallest absolute Gasteiger partial charge is 0.294 e. The number of nitro benzene ring substituents is 1. The second kappa shape index (κ2) is 7.61. The van der Waals surface area contributed by atoms with E-state index in [-0.39, 0.29) is 17.3 Å². The molecule has 110 valence electrons. The summed E-state index contributed by atoms with van der Waals surface area (Å²) in [7, 11) is 1.49. The van der Waals surface area contributed by atoms with Crippen LogP contribution in [0, 0.1) is 15.9 Å². The Kier molecular flexibility index (Phi) is 6.13. The molecule has 0 radical (unpaired) electrons. The highest BCUT2D eigenvalue weighted by atomic mass is 35.5. The van der Waals surface area contributed by atoms with Crippen LogP contribution in [-0.2, 0) is 9.53 Å². The van der Waals surface area contributed by atoms with Crippen LogP contribution in [0.5, 0.6) is 0 Å². The molecule has 0 spiro atoms. The van der Waals surface area contributed by atoms with Gasteiger partial charge in [-0.1, -0.05) is 11.6 Å². The lowest BCUT2D eigenvalue weighted by molar-refractivity contribution is -0.384. The van der Waals surface area contributed by atoms with Gasteiger partial charge in [-0.05, 0) is 0 Å². The summed E-state index contributed by atoms with van der Waals surface area (Å²) in [5, 5.41) is 15.5. The first kappa shape index (κ1) is 16.1. The monoisotopic (exact) mass is 305 g/mol. The van der Waals surface area contributed by atoms with E-state index in [2.05, 4.69) is 10.6 Å². The fourth-order valence-electron chi connectivity index (χ4n) is 1.36. The van der Waals surface area contributed by atoms with Crippen molar-refractivity contribution in [1.82, 2.24) is 5.32 Å². The summed E-state index contributed by atoms with van der Waals surface area (Å²) in [4.78, 5) is 21.5. The Balaban J connectivity index is 2.69. The number of benzene rings is 1. The summed E-state index contributed by atoms with van der Waals surface area (Å²) in [6.45, 7) is 0.432. The zero-order valence-electron chi connectivity index (χ0n) is 10.6. The van der Waals surface area contributed by atoms with E-state index >= 15 is 0 Å². The first-order valence-corrected chi connectivity index (χ1v) is 5.96. The molecule has 0 saturated heterocycles. The number of nitro groups is 1. The van der Waals surface area contributed by atoms with E-state index in [0.29, 0.717) is 13.2 Å². The van der Waals surface area contributed by atoms with Gasteiger partial charge in [0.1, 0.15) is 11.5 Å². The van der Waals surface area contributed by atoms with Gasteiger partial charge in [0.2, 0.25) is 5.91 Å². The van der Waals surface area contributed by atoms with Gasteiger partial charge < -0.3 is 15.4 Å². The van der Waals surface area contributed by atoms with Gasteiger partial charge in [-0.3, -0.25) is 14.9 Å². The van der Waals surface area contributed by atoms with Crippen molar-refractivity contribution in [2.24, 2.45) is 0 Å². The number of halogens is 2. The number of rotatable bonds is 7. The number of hydrogen-bond acceptors (Lipinski definition) is 5. The summed E-state index contributed by atoms with van der Waals surface area (Å²) in [6.07, 6.45) is 0. The maximum atomic E-state index is 13.3. The highest BCUT2D eigenvalue weighted by Crippen LogP contribution is 2.30. The first-order valence-electron chi connectivity index (χ1n) is 5.58. The number of carbonyl (C=O) groups excluding carboxylic acids is 1. The van der Waals surface area contributed by atoms with Gasteiger partial charge in [0.15, 0.2) is 0 Å². The summed E-state index contributed by atoms with van der Waals surface area (Å²) in [5.74, 6) is -1.20. The molecule has 0 fully saturated rings. The Morgan fingerprint density at radius 1 is 1.55 bits per heavy atom. The van der Waals surface area contributed by atoms with Gasteiger partial charge >= 0.3 is 0 Å². The normalized spacial score (nSPS) is 10.2. The van der Waals surface area contributed by atoms with Crippen LogP contribution < -0.4 is 10.6 Å². The zero-order valence-corrected chi connectivity index (χ0v) is 11.4. The largest absolute Gasteiger partial charge is 0.383 e. The van der Waals surface area contributed by atoms with E-state index < -0.39 is 22.3 Å². The number of hydrogen-bond donors (Lipinski definition) is 2. The number of nitrogens with zero attached hydrogens (tertiary/aromatic N) is 1. The van der Waals surface area contributed by atoms with Crippen molar-refractivity contribution in [1.29, 1.82) is 0 Å². The average molecular weight is 306 g/mol. The summed E-state index contributed by atoms with van der Waals surface area (Å²) < 4.78 is 18.0. The van der Waals surface area contributed by atoms with E-state index in [9.17, 15) is 19.3 Å². The van der Waals surface area contributed by atoms with Crippen LogP contribution in [0.25, 0.3) is 0 Å². The molecule has 7 nitrogen and oxygen atoms in total. The van der Waals surface area contributed by atoms with Crippen LogP contribution in [0.3, 0.4) is 0 Å². The fourth-order valence-corrected chi connectivity index (χ4v) is 1.52. The molecular formula is C11H13ClFN3O4. The van der Waals surface area contributed by atoms with Crippen molar-refractivity contribution in [2.45, 2.75) is 0 Å². The van der Waals surface area contributed by atoms with Crippen molar-refractivity contribution in [3.63, 3.8) is 0 Å². The van der Waals surface area contributed by atoms with Gasteiger partial charge in [-0.15, -0.1) is 0 Å². The molecule has 1 aromatic carbocycles. The van der Waals surface area contributed by atoms with Crippen LogP contribution in [-0.4, -0.2) is 37.6 Å². The number of ether oxygens (including phenoxy) is 1. The fraction of sp³-hybridized carbons (Fsp3) is 0.364. The third-order valence-corrected chi connectivity index (χ3v) is 2.59. The lowest BCUT2D eigenvalue weighted by Gasteiger charge is -2.08. The minimum Gasteiger partial charge on any atom is -0.383 e. The maximum absolute atomic E-state index is 13.3. The molecule has 0 aliphatic rings. The Hall–Kier alpha value is -1.93. The van der Waals surface area contributed by atoms with Crippen LogP contribution in [0.15, 0.2) is 12.1 Å². The molecule has 1 rings (SSSR count). The van der Waals surface area contributed by atoms with E-state index in [1.54, 1.807) is 0 Å². The first-order chi connectivity index (χ1) is 9.45. The zero-order chi connectivity index (χ0) is 15.1. The molecular weight excluding hydrogens is 293 g/mol. The second-order valence-corrected chi connectivity index (χ2v) is 4.14. The Bertz CT molecular complexity index is 513. The third kappa shape index (κ3) is 4.63. The van der Waals surface area contributed by atoms with Crippen LogP contribution in [0.2, 0.25) is 5.02 Å². The predicted molar refractivity (Wildman–Crippen MR) is 71.4 cm³/mol. The molecule has 0 saturated carbocycles. The quantitative estimate of drug-likeness (QED) is 0.453. The molecule has 20 heavy (non-hydrogen) atoms. The molecule has 1 amide bonds. The van der Waals surface area contributed by atoms with Crippen molar-refractivity contribution in [3.8, 4) is 0 Å². The van der Waals surface area contributed by atoms with Crippen LogP contribution in [0.4, 0.5) is 15.8 Å². The standard InChI is InChI=1S/C11H13ClFN3O4/c1-20-3-2-14-11(17)6-15-9-5-8(13)7(12)4-10(9)16(18)19/h4-5,15H,2-3,6H2,1H3,(H,14,17). The average Bonchev–Trinajstić information content (AvgIpc) is 2.39. The van der Waals surface area contributed by atoms with E-state index in [4.69, 9.17) is 16.3 Å². The maximum Gasteiger partial charge on any atom is 0.294 e. The third-order valence-electron chi connectivity index (χ3n) is 2.30. The molecule has 0 aliphatic carbocycles. The molecule has 9 heteroatoms. The number of nitrogens with one attached hydrogen (secondary N) is 2. The minimum atomic E-state index is -0.806. The van der Waals surface area contributed by atoms with Gasteiger partial charge in [0.05, 0.1) is 23.1 Å². The molecule has 0 aliphatic heterocycles. The number of methoxy groups -OCH3 is 1. The minimum absolute atomic E-state index is 0.112. The molecule has 0 heterocycles. The van der Waals surface area contributed by atoms with Gasteiger partial charge in [-0.25, -0.2) is 4.39 Å². The van der Waals surface area contributed by atoms with Crippen molar-refractivity contribution < 1.29 is 18.8 Å². The topological polar surface area (TPSA) is 93.5 Å². The molecule has 2 N–H and O–H groups in total. The van der Waals surface area contributed by atoms with Gasteiger partial charge in [-0.2, -0.15) is 0 Å². The van der Waals surface area contributed by atoms with Crippen molar-refractivity contribution >= 4 is 28.9 Å². The molecule has 1 aromatic rings. The van der Waals surface area contributed by atoms with Crippen molar-refractivity contribution in [3.05, 3.63) is 33.1 Å². The number of amides is 1. The molecule has 0 bridgehead atoms. The highest BCUT2D eigenvalue weighted by Gasteiger charge is 2.18. The van der Waals surface area contributed by atoms with E-state index in [1.807, 2.05) is 0 Å². The number of carbonyl (C=O) groups is 1. The number of anilines is 1. The Labute approximate surface area is 119 Å². The van der Waals surface area contributed by atoms with Gasteiger partial charge in [0.25, 0.3) is 5.69 Å². The molecule has 0 atom stereocenters. The van der Waals surface area contributed by atoms with Gasteiger partial charge in [0, 0.05) is 25.8 Å². The van der Waals surface area contributed by atoms with E-state index in [0.717, 1.165) is 12.1 Å². The lowest BCUT2D eigenvalue weighted by atomic mass is 10.2. The second-order valence-electron chi connectivity index (χ2n) is 3.74. The highest BCUT2D eigenvalue weighted by molar-refractivity contribution is 6.31. The molecule has 0 unspecified atom stereocenters. The summed E-state index contributed by atoms with van der Waals surface area (Å²) >= 11 is 5.48. The Morgan fingerprint density at radius 3 is 2.85 bits per heavy atom. The van der Waals surface area contributed by atoms with Crippen molar-refractivity contribution in [2.75, 3.05) is 32.1 Å².